The van der Waals surface area contributed by atoms with Crippen LogP contribution in [-0.2, 0) is 5.92 Å². The Labute approximate surface area is 90.2 Å². The second-order valence-corrected chi connectivity index (χ2v) is 3.11. The molecule has 82 valence electrons. The maximum atomic E-state index is 13.9. The first-order chi connectivity index (χ1) is 7.60. The van der Waals surface area contributed by atoms with Crippen LogP contribution in [0.2, 0.25) is 0 Å². The van der Waals surface area contributed by atoms with Gasteiger partial charge in [0, 0.05) is 5.56 Å². The van der Waals surface area contributed by atoms with Crippen molar-refractivity contribution >= 4 is 5.95 Å². The van der Waals surface area contributed by atoms with E-state index in [1.54, 1.807) is 6.07 Å². The van der Waals surface area contributed by atoms with Crippen LogP contribution < -0.4 is 5.73 Å². The predicted octanol–water partition coefficient (Wildman–Crippen LogP) is 1.59. The van der Waals surface area contributed by atoms with E-state index in [0.29, 0.717) is 0 Å². The lowest BCUT2D eigenvalue weighted by Gasteiger charge is -2.14. The van der Waals surface area contributed by atoms with Gasteiger partial charge in [-0.15, -0.1) is 0 Å². The molecule has 6 heteroatoms. The van der Waals surface area contributed by atoms with Crippen LogP contribution in [0.4, 0.5) is 14.7 Å². The van der Waals surface area contributed by atoms with E-state index in [1.807, 2.05) is 0 Å². The van der Waals surface area contributed by atoms with Gasteiger partial charge >= 0.3 is 5.92 Å². The molecule has 16 heavy (non-hydrogen) atoms. The van der Waals surface area contributed by atoms with Crippen LogP contribution in [-0.4, -0.2) is 15.0 Å². The van der Waals surface area contributed by atoms with Gasteiger partial charge in [-0.3, -0.25) is 0 Å². The molecule has 0 saturated heterocycles. The van der Waals surface area contributed by atoms with Crippen molar-refractivity contribution in [1.82, 2.24) is 15.0 Å². The molecule has 0 aliphatic heterocycles. The van der Waals surface area contributed by atoms with Crippen molar-refractivity contribution in [2.24, 2.45) is 0 Å². The maximum Gasteiger partial charge on any atom is 0.331 e. The first-order valence-electron chi connectivity index (χ1n) is 4.49. The Bertz CT molecular complexity index is 487. The molecule has 0 aliphatic rings. The second kappa shape index (κ2) is 3.80. The molecule has 0 unspecified atom stereocenters. The van der Waals surface area contributed by atoms with Gasteiger partial charge in [0.05, 0.1) is 0 Å². The highest BCUT2D eigenvalue weighted by molar-refractivity contribution is 5.27. The summed E-state index contributed by atoms with van der Waals surface area (Å²) in [5.41, 5.74) is 5.06. The van der Waals surface area contributed by atoms with Gasteiger partial charge in [0.2, 0.25) is 11.8 Å². The molecule has 2 aromatic rings. The van der Waals surface area contributed by atoms with E-state index < -0.39 is 11.7 Å². The molecule has 0 bridgehead atoms. The van der Waals surface area contributed by atoms with Crippen molar-refractivity contribution in [2.45, 2.75) is 5.92 Å². The SMILES string of the molecule is Nc1ncnc(C(F)(F)c2ccccc2)n1. The van der Waals surface area contributed by atoms with Crippen LogP contribution in [0, 0.1) is 0 Å². The molecule has 0 atom stereocenters. The van der Waals surface area contributed by atoms with Crippen molar-refractivity contribution in [1.29, 1.82) is 0 Å². The molecular weight excluding hydrogens is 214 g/mol. The van der Waals surface area contributed by atoms with Crippen molar-refractivity contribution in [3.63, 3.8) is 0 Å². The quantitative estimate of drug-likeness (QED) is 0.838. The summed E-state index contributed by atoms with van der Waals surface area (Å²) in [5.74, 6) is -4.13. The fourth-order valence-corrected chi connectivity index (χ4v) is 1.24. The monoisotopic (exact) mass is 222 g/mol. The van der Waals surface area contributed by atoms with Crippen molar-refractivity contribution in [3.8, 4) is 0 Å². The summed E-state index contributed by atoms with van der Waals surface area (Å²) in [6, 6.07) is 7.31. The van der Waals surface area contributed by atoms with Crippen LogP contribution in [0.15, 0.2) is 36.7 Å². The summed E-state index contributed by atoms with van der Waals surface area (Å²) < 4.78 is 27.7. The van der Waals surface area contributed by atoms with Crippen LogP contribution in [0.3, 0.4) is 0 Å². The number of nitrogens with zero attached hydrogens (tertiary/aromatic N) is 3. The molecule has 0 spiro atoms. The minimum absolute atomic E-state index is 0.180. The number of nitrogen functional groups attached to an aromatic ring is 1. The molecule has 1 aromatic heterocycles. The Balaban J connectivity index is 2.47. The number of rotatable bonds is 2. The van der Waals surface area contributed by atoms with Gasteiger partial charge in [-0.2, -0.15) is 13.8 Å². The van der Waals surface area contributed by atoms with Crippen LogP contribution in [0.1, 0.15) is 11.4 Å². The van der Waals surface area contributed by atoms with Crippen LogP contribution >= 0.6 is 0 Å². The standard InChI is InChI=1S/C10H8F2N4/c11-10(12,7-4-2-1-3-5-7)8-14-6-15-9(13)16-8/h1-6H,(H2,13,14,15,16). The lowest BCUT2D eigenvalue weighted by atomic mass is 10.1. The van der Waals surface area contributed by atoms with E-state index in [0.717, 1.165) is 6.33 Å². The molecule has 0 radical (unpaired) electrons. The largest absolute Gasteiger partial charge is 0.368 e. The van der Waals surface area contributed by atoms with Gasteiger partial charge in [-0.25, -0.2) is 9.97 Å². The van der Waals surface area contributed by atoms with Crippen molar-refractivity contribution in [3.05, 3.63) is 48.0 Å². The number of hydrogen-bond donors (Lipinski definition) is 1. The lowest BCUT2D eigenvalue weighted by molar-refractivity contribution is 0.0327. The Morgan fingerprint density at radius 1 is 1.06 bits per heavy atom. The van der Waals surface area contributed by atoms with E-state index in [9.17, 15) is 8.78 Å². The Morgan fingerprint density at radius 3 is 2.38 bits per heavy atom. The van der Waals surface area contributed by atoms with Gasteiger partial charge < -0.3 is 5.73 Å². The Kier molecular flexibility index (Phi) is 2.47. The maximum absolute atomic E-state index is 13.9. The van der Waals surface area contributed by atoms with Crippen molar-refractivity contribution < 1.29 is 8.78 Å². The molecule has 0 amide bonds. The minimum atomic E-state index is -3.27. The molecule has 0 aliphatic carbocycles. The normalized spacial score (nSPS) is 11.4. The number of hydrogen-bond acceptors (Lipinski definition) is 4. The van der Waals surface area contributed by atoms with E-state index in [2.05, 4.69) is 15.0 Å². The number of halogens is 2. The van der Waals surface area contributed by atoms with Crippen LogP contribution in [0.5, 0.6) is 0 Å². The van der Waals surface area contributed by atoms with E-state index in [4.69, 9.17) is 5.73 Å². The third-order valence-electron chi connectivity index (χ3n) is 2.01. The van der Waals surface area contributed by atoms with Gasteiger partial charge in [0.25, 0.3) is 0 Å². The summed E-state index contributed by atoms with van der Waals surface area (Å²) in [6.07, 6.45) is 0.967. The average molecular weight is 222 g/mol. The third-order valence-corrected chi connectivity index (χ3v) is 2.01. The first-order valence-corrected chi connectivity index (χ1v) is 4.49. The summed E-state index contributed by atoms with van der Waals surface area (Å²) in [6.45, 7) is 0. The summed E-state index contributed by atoms with van der Waals surface area (Å²) in [7, 11) is 0. The third kappa shape index (κ3) is 1.81. The molecule has 0 saturated carbocycles. The van der Waals surface area contributed by atoms with Gasteiger partial charge in [-0.05, 0) is 0 Å². The Morgan fingerprint density at radius 2 is 1.75 bits per heavy atom. The average Bonchev–Trinajstić information content (AvgIpc) is 2.30. The predicted molar refractivity (Wildman–Crippen MR) is 53.7 cm³/mol. The number of nitrogens with two attached hydrogens (primary N) is 1. The van der Waals surface area contributed by atoms with E-state index >= 15 is 0 Å². The van der Waals surface area contributed by atoms with Gasteiger partial charge in [0.1, 0.15) is 6.33 Å². The van der Waals surface area contributed by atoms with Gasteiger partial charge in [0.15, 0.2) is 0 Å². The molecule has 0 fully saturated rings. The zero-order valence-corrected chi connectivity index (χ0v) is 8.14. The fraction of sp³-hybridized carbons (Fsp3) is 0.100. The smallest absolute Gasteiger partial charge is 0.331 e. The zero-order valence-electron chi connectivity index (χ0n) is 8.14. The first kappa shape index (κ1) is 10.4. The number of aromatic nitrogens is 3. The van der Waals surface area contributed by atoms with E-state index in [-0.39, 0.29) is 11.5 Å². The van der Waals surface area contributed by atoms with Crippen LogP contribution in [0.25, 0.3) is 0 Å². The highest BCUT2D eigenvalue weighted by Gasteiger charge is 2.37. The van der Waals surface area contributed by atoms with Gasteiger partial charge in [-0.1, -0.05) is 30.3 Å². The second-order valence-electron chi connectivity index (χ2n) is 3.11. The number of alkyl halides is 2. The summed E-state index contributed by atoms with van der Waals surface area (Å²) >= 11 is 0. The molecule has 2 N–H and O–H groups in total. The number of anilines is 1. The molecule has 4 nitrogen and oxygen atoms in total. The number of benzene rings is 1. The zero-order chi connectivity index (χ0) is 11.6. The van der Waals surface area contributed by atoms with Crippen molar-refractivity contribution in [2.75, 3.05) is 5.73 Å². The highest BCUT2D eigenvalue weighted by Crippen LogP contribution is 2.32. The topological polar surface area (TPSA) is 64.7 Å². The molecular formula is C10H8F2N4. The fourth-order valence-electron chi connectivity index (χ4n) is 1.24. The summed E-state index contributed by atoms with van der Waals surface area (Å²) in [4.78, 5) is 10.3. The molecule has 1 heterocycles. The minimum Gasteiger partial charge on any atom is -0.368 e. The Hall–Kier alpha value is -2.11. The lowest BCUT2D eigenvalue weighted by Crippen LogP contribution is -2.20. The summed E-state index contributed by atoms with van der Waals surface area (Å²) in [5, 5.41) is 0. The highest BCUT2D eigenvalue weighted by atomic mass is 19.3. The van der Waals surface area contributed by atoms with E-state index in [1.165, 1.54) is 24.3 Å². The molecule has 1 aromatic carbocycles. The molecule has 2 rings (SSSR count).